The van der Waals surface area contributed by atoms with Crippen LogP contribution in [0, 0.1) is 5.41 Å². The Bertz CT molecular complexity index is 647. The second-order valence-electron chi connectivity index (χ2n) is 3.91. The number of nitrogens with one attached hydrogen (secondary N) is 1. The number of benzene rings is 2. The van der Waals surface area contributed by atoms with Gasteiger partial charge in [0, 0.05) is 11.1 Å². The summed E-state index contributed by atoms with van der Waals surface area (Å²) in [5.41, 5.74) is 1.13. The topological polar surface area (TPSA) is 78.2 Å². The maximum Gasteiger partial charge on any atom is 0.309 e. The van der Waals surface area contributed by atoms with Crippen molar-refractivity contribution in [3.63, 3.8) is 0 Å². The van der Waals surface area contributed by atoms with E-state index in [1.54, 1.807) is 36.4 Å². The first-order valence-corrected chi connectivity index (χ1v) is 5.40. The minimum Gasteiger partial charge on any atom is -0.481 e. The highest BCUT2D eigenvalue weighted by molar-refractivity contribution is 6.16. The van der Waals surface area contributed by atoms with Gasteiger partial charge in [-0.1, -0.05) is 36.4 Å². The van der Waals surface area contributed by atoms with Crippen LogP contribution in [0.15, 0.2) is 36.4 Å². The number of carbonyl (C=O) groups is 2. The first kappa shape index (κ1) is 12.0. The molecular formula is C14H11NO3. The minimum absolute atomic E-state index is 0.0381. The number of rotatable bonds is 4. The zero-order chi connectivity index (χ0) is 13.1. The molecule has 0 aromatic heterocycles. The predicted molar refractivity (Wildman–Crippen MR) is 68.4 cm³/mol. The first-order valence-electron chi connectivity index (χ1n) is 5.40. The molecule has 2 aromatic rings. The summed E-state index contributed by atoms with van der Waals surface area (Å²) in [5.74, 6) is -1.04. The molecule has 0 amide bonds. The molecule has 0 aliphatic heterocycles. The van der Waals surface area contributed by atoms with Crippen LogP contribution in [0.1, 0.15) is 22.3 Å². The number of carboxylic acids is 1. The van der Waals surface area contributed by atoms with Crippen molar-refractivity contribution >= 4 is 28.7 Å². The molecule has 18 heavy (non-hydrogen) atoms. The van der Waals surface area contributed by atoms with Gasteiger partial charge in [-0.05, 0) is 10.8 Å². The van der Waals surface area contributed by atoms with Crippen molar-refractivity contribution in [2.75, 3.05) is 0 Å². The highest BCUT2D eigenvalue weighted by Crippen LogP contribution is 2.23. The van der Waals surface area contributed by atoms with Gasteiger partial charge < -0.3 is 10.5 Å². The molecule has 0 saturated carbocycles. The minimum atomic E-state index is -1.04. The van der Waals surface area contributed by atoms with Crippen LogP contribution in [0.2, 0.25) is 0 Å². The average Bonchev–Trinajstić information content (AvgIpc) is 2.36. The molecule has 2 aromatic carbocycles. The highest BCUT2D eigenvalue weighted by Gasteiger charge is 2.11. The number of aldehydes is 1. The van der Waals surface area contributed by atoms with E-state index in [1.807, 2.05) is 0 Å². The molecule has 0 aliphatic rings. The molecule has 4 nitrogen and oxygen atoms in total. The lowest BCUT2D eigenvalue weighted by Crippen LogP contribution is -2.08. The number of carboxylic acid groups (broad SMARTS) is 1. The van der Waals surface area contributed by atoms with Crippen molar-refractivity contribution in [3.8, 4) is 0 Å². The number of fused-ring (bicyclic) bond motifs is 1. The van der Waals surface area contributed by atoms with Crippen molar-refractivity contribution in [3.05, 3.63) is 47.5 Å². The maximum absolute atomic E-state index is 10.9. The third-order valence-electron chi connectivity index (χ3n) is 2.74. The normalized spacial score (nSPS) is 10.2. The van der Waals surface area contributed by atoms with Gasteiger partial charge in [0.25, 0.3) is 0 Å². The molecule has 0 saturated heterocycles. The molecule has 0 heterocycles. The summed E-state index contributed by atoms with van der Waals surface area (Å²) in [4.78, 5) is 21.6. The van der Waals surface area contributed by atoms with Gasteiger partial charge in [-0.25, -0.2) is 0 Å². The summed E-state index contributed by atoms with van der Waals surface area (Å²) >= 11 is 0. The van der Waals surface area contributed by atoms with Crippen LogP contribution in [-0.4, -0.2) is 23.1 Å². The molecule has 0 radical (unpaired) electrons. The Balaban J connectivity index is 2.63. The SMILES string of the molecule is N=C(CC(=O)O)c1ccc(C=O)c2ccccc12. The molecule has 2 rings (SSSR count). The maximum atomic E-state index is 10.9. The van der Waals surface area contributed by atoms with Gasteiger partial charge in [0.15, 0.2) is 6.29 Å². The quantitative estimate of drug-likeness (QED) is 0.637. The predicted octanol–water partition coefficient (Wildman–Crippen LogP) is 2.49. The van der Waals surface area contributed by atoms with Gasteiger partial charge in [-0.15, -0.1) is 0 Å². The fourth-order valence-corrected chi connectivity index (χ4v) is 1.93. The van der Waals surface area contributed by atoms with Crippen LogP contribution in [0.5, 0.6) is 0 Å². The molecule has 4 heteroatoms. The van der Waals surface area contributed by atoms with E-state index in [4.69, 9.17) is 10.5 Å². The van der Waals surface area contributed by atoms with Crippen LogP contribution in [0.3, 0.4) is 0 Å². The molecule has 0 spiro atoms. The molecular weight excluding hydrogens is 230 g/mol. The van der Waals surface area contributed by atoms with E-state index in [0.29, 0.717) is 11.1 Å². The lowest BCUT2D eigenvalue weighted by Gasteiger charge is -2.08. The van der Waals surface area contributed by atoms with Crippen LogP contribution in [0.4, 0.5) is 0 Å². The highest BCUT2D eigenvalue weighted by atomic mass is 16.4. The summed E-state index contributed by atoms with van der Waals surface area (Å²) in [6.07, 6.45) is 0.428. The molecule has 2 N–H and O–H groups in total. The van der Waals surface area contributed by atoms with Crippen LogP contribution < -0.4 is 0 Å². The largest absolute Gasteiger partial charge is 0.481 e. The van der Waals surface area contributed by atoms with Crippen LogP contribution in [-0.2, 0) is 4.79 Å². The van der Waals surface area contributed by atoms with E-state index in [-0.39, 0.29) is 12.1 Å². The summed E-state index contributed by atoms with van der Waals surface area (Å²) in [7, 11) is 0. The van der Waals surface area contributed by atoms with Crippen molar-refractivity contribution < 1.29 is 14.7 Å². The van der Waals surface area contributed by atoms with Crippen molar-refractivity contribution in [2.24, 2.45) is 0 Å². The van der Waals surface area contributed by atoms with Gasteiger partial charge in [0.05, 0.1) is 12.1 Å². The smallest absolute Gasteiger partial charge is 0.309 e. The van der Waals surface area contributed by atoms with Gasteiger partial charge in [-0.3, -0.25) is 9.59 Å². The second kappa shape index (κ2) is 4.79. The summed E-state index contributed by atoms with van der Waals surface area (Å²) in [5, 5.41) is 18.0. The molecule has 0 aliphatic carbocycles. The zero-order valence-corrected chi connectivity index (χ0v) is 9.51. The Hall–Kier alpha value is -2.49. The monoisotopic (exact) mass is 241 g/mol. The van der Waals surface area contributed by atoms with Gasteiger partial charge >= 0.3 is 5.97 Å². The number of hydrogen-bond acceptors (Lipinski definition) is 3. The van der Waals surface area contributed by atoms with Crippen molar-refractivity contribution in [1.82, 2.24) is 0 Å². The van der Waals surface area contributed by atoms with E-state index in [0.717, 1.165) is 17.1 Å². The van der Waals surface area contributed by atoms with Gasteiger partial charge in [0.2, 0.25) is 0 Å². The fourth-order valence-electron chi connectivity index (χ4n) is 1.93. The van der Waals surface area contributed by atoms with Crippen molar-refractivity contribution in [2.45, 2.75) is 6.42 Å². The molecule has 90 valence electrons. The summed E-state index contributed by atoms with van der Waals surface area (Å²) in [6, 6.07) is 10.4. The third-order valence-corrected chi connectivity index (χ3v) is 2.74. The van der Waals surface area contributed by atoms with E-state index in [9.17, 15) is 9.59 Å². The van der Waals surface area contributed by atoms with E-state index in [2.05, 4.69) is 0 Å². The van der Waals surface area contributed by atoms with E-state index in [1.165, 1.54) is 0 Å². The van der Waals surface area contributed by atoms with E-state index >= 15 is 0 Å². The standard InChI is InChI=1S/C14H11NO3/c15-13(7-14(17)18)12-6-5-9(8-16)10-3-1-2-4-11(10)12/h1-6,8,15H,7H2,(H,17,18). The molecule has 0 bridgehead atoms. The van der Waals surface area contributed by atoms with Crippen LogP contribution >= 0.6 is 0 Å². The Morgan fingerprint density at radius 1 is 1.17 bits per heavy atom. The zero-order valence-electron chi connectivity index (χ0n) is 9.51. The first-order chi connectivity index (χ1) is 8.63. The Morgan fingerprint density at radius 2 is 1.83 bits per heavy atom. The Morgan fingerprint density at radius 3 is 2.44 bits per heavy atom. The number of carbonyl (C=O) groups excluding carboxylic acids is 1. The molecule has 0 atom stereocenters. The number of hydrogen-bond donors (Lipinski definition) is 2. The summed E-state index contributed by atoms with van der Waals surface area (Å²) in [6.45, 7) is 0. The average molecular weight is 241 g/mol. The molecule has 0 unspecified atom stereocenters. The lowest BCUT2D eigenvalue weighted by molar-refractivity contribution is -0.135. The third kappa shape index (κ3) is 2.13. The van der Waals surface area contributed by atoms with E-state index < -0.39 is 5.97 Å². The van der Waals surface area contributed by atoms with Gasteiger partial charge in [-0.2, -0.15) is 0 Å². The Labute approximate surface area is 103 Å². The fraction of sp³-hybridized carbons (Fsp3) is 0.0714. The van der Waals surface area contributed by atoms with Crippen LogP contribution in [0.25, 0.3) is 10.8 Å². The lowest BCUT2D eigenvalue weighted by atomic mass is 9.96. The molecule has 0 fully saturated rings. The van der Waals surface area contributed by atoms with Gasteiger partial charge in [0.1, 0.15) is 0 Å². The summed E-state index contributed by atoms with van der Waals surface area (Å²) < 4.78 is 0. The Kier molecular flexibility index (Phi) is 3.19. The van der Waals surface area contributed by atoms with Crippen molar-refractivity contribution in [1.29, 1.82) is 5.41 Å². The second-order valence-corrected chi connectivity index (χ2v) is 3.91. The number of aliphatic carboxylic acids is 1.